The van der Waals surface area contributed by atoms with E-state index in [2.05, 4.69) is 12.2 Å². The number of ketones is 1. The Morgan fingerprint density at radius 2 is 1.41 bits per heavy atom. The largest absolute Gasteiger partial charge is 0.485 e. The topological polar surface area (TPSA) is 90.0 Å². The first-order chi connectivity index (χ1) is 16.4. The van der Waals surface area contributed by atoms with Gasteiger partial charge in [0.05, 0.1) is 17.5 Å². The van der Waals surface area contributed by atoms with E-state index in [1.165, 1.54) is 11.8 Å². The number of anilines is 1. The zero-order valence-electron chi connectivity index (χ0n) is 18.5. The maximum absolute atomic E-state index is 13.2. The summed E-state index contributed by atoms with van der Waals surface area (Å²) >= 11 is 0. The molecule has 2 amide bonds. The van der Waals surface area contributed by atoms with Crippen molar-refractivity contribution in [2.45, 2.75) is 13.3 Å². The minimum absolute atomic E-state index is 0.0965. The van der Waals surface area contributed by atoms with Crippen molar-refractivity contribution in [3.63, 3.8) is 0 Å². The number of esters is 1. The molecule has 0 unspecified atom stereocenters. The molecule has 0 radical (unpaired) electrons. The van der Waals surface area contributed by atoms with E-state index in [-0.39, 0.29) is 47.9 Å². The molecule has 4 aliphatic carbocycles. The minimum Gasteiger partial charge on any atom is -0.485 e. The average molecular weight is 457 g/mol. The molecule has 2 bridgehead atoms. The van der Waals surface area contributed by atoms with Gasteiger partial charge in [0.15, 0.2) is 12.4 Å². The summed E-state index contributed by atoms with van der Waals surface area (Å²) in [5.41, 5.74) is 0.974. The second-order valence-electron chi connectivity index (χ2n) is 9.49. The molecule has 7 heteroatoms. The lowest BCUT2D eigenvalue weighted by Gasteiger charge is -2.37. The van der Waals surface area contributed by atoms with Crippen molar-refractivity contribution in [2.24, 2.45) is 35.5 Å². The van der Waals surface area contributed by atoms with Crippen molar-refractivity contribution in [3.8, 4) is 11.5 Å². The molecule has 5 aliphatic rings. The van der Waals surface area contributed by atoms with Crippen molar-refractivity contribution in [2.75, 3.05) is 11.5 Å². The van der Waals surface area contributed by atoms with E-state index in [1.54, 1.807) is 48.5 Å². The van der Waals surface area contributed by atoms with Gasteiger partial charge in [0, 0.05) is 12.5 Å². The molecule has 7 rings (SSSR count). The van der Waals surface area contributed by atoms with E-state index >= 15 is 0 Å². The summed E-state index contributed by atoms with van der Waals surface area (Å²) in [5.74, 6) is 1.05. The normalized spacial score (nSPS) is 30.1. The van der Waals surface area contributed by atoms with E-state index < -0.39 is 5.97 Å². The summed E-state index contributed by atoms with van der Waals surface area (Å²) in [6, 6.07) is 13.0. The van der Waals surface area contributed by atoms with Crippen LogP contribution in [-0.2, 0) is 14.4 Å². The van der Waals surface area contributed by atoms with Gasteiger partial charge in [-0.15, -0.1) is 0 Å². The molecule has 6 atom stereocenters. The maximum Gasteiger partial charge on any atom is 0.308 e. The monoisotopic (exact) mass is 457 g/mol. The van der Waals surface area contributed by atoms with Crippen molar-refractivity contribution in [3.05, 3.63) is 66.2 Å². The first-order valence-electron chi connectivity index (χ1n) is 11.5. The van der Waals surface area contributed by atoms with E-state index in [4.69, 9.17) is 9.47 Å². The molecule has 172 valence electrons. The molecule has 0 spiro atoms. The highest BCUT2D eigenvalue weighted by Crippen LogP contribution is 2.65. The number of allylic oxidation sites excluding steroid dienone is 2. The summed E-state index contributed by atoms with van der Waals surface area (Å²) in [7, 11) is 0. The number of hydrogen-bond donors (Lipinski definition) is 0. The van der Waals surface area contributed by atoms with Gasteiger partial charge in [-0.25, -0.2) is 0 Å². The van der Waals surface area contributed by atoms with Crippen LogP contribution < -0.4 is 14.4 Å². The predicted octanol–water partition coefficient (Wildman–Crippen LogP) is 3.43. The van der Waals surface area contributed by atoms with Crippen LogP contribution in [0.2, 0.25) is 0 Å². The molecule has 1 saturated heterocycles. The molecule has 2 saturated carbocycles. The van der Waals surface area contributed by atoms with E-state index in [0.717, 1.165) is 6.42 Å². The number of Topliss-reactive ketones (excluding diaryl/α,β-unsaturated/α-hetero) is 1. The van der Waals surface area contributed by atoms with Crippen molar-refractivity contribution in [1.29, 1.82) is 0 Å². The first kappa shape index (κ1) is 20.8. The first-order valence-corrected chi connectivity index (χ1v) is 11.5. The molecule has 0 aromatic heterocycles. The summed E-state index contributed by atoms with van der Waals surface area (Å²) in [4.78, 5) is 51.2. The molecule has 1 aliphatic heterocycles. The van der Waals surface area contributed by atoms with Gasteiger partial charge in [-0.2, -0.15) is 0 Å². The fourth-order valence-electron chi connectivity index (χ4n) is 6.01. The van der Waals surface area contributed by atoms with Crippen molar-refractivity contribution < 1.29 is 28.7 Å². The zero-order chi connectivity index (χ0) is 23.6. The van der Waals surface area contributed by atoms with Crippen LogP contribution >= 0.6 is 0 Å². The highest BCUT2D eigenvalue weighted by molar-refractivity contribution is 6.22. The number of carbonyl (C=O) groups is 4. The molecular formula is C27H23NO6. The van der Waals surface area contributed by atoms with Crippen LogP contribution in [0.25, 0.3) is 0 Å². The molecule has 2 aromatic carbocycles. The van der Waals surface area contributed by atoms with E-state index in [9.17, 15) is 19.2 Å². The van der Waals surface area contributed by atoms with Gasteiger partial charge < -0.3 is 9.47 Å². The van der Waals surface area contributed by atoms with Crippen LogP contribution in [0.15, 0.2) is 60.7 Å². The summed E-state index contributed by atoms with van der Waals surface area (Å²) in [6.07, 6.45) is 5.45. The molecule has 1 heterocycles. The van der Waals surface area contributed by atoms with Gasteiger partial charge in [0.2, 0.25) is 11.8 Å². The van der Waals surface area contributed by atoms with Crippen LogP contribution in [0, 0.1) is 35.5 Å². The fourth-order valence-corrected chi connectivity index (χ4v) is 6.01. The standard InChI is InChI=1S/C27H23NO6/c1-14(29)34-18-6-2-15(3-7-18)23(30)13-33-17-8-4-16(5-9-17)28-26(31)24-19-10-11-20(22-12-21(19)22)25(24)27(28)32/h2-11,19-22,24-25H,12-13H2,1H3/t19-,20+,21+,22-,24-,25+. The highest BCUT2D eigenvalue weighted by Gasteiger charge is 2.67. The number of amides is 2. The van der Waals surface area contributed by atoms with Gasteiger partial charge in [-0.1, -0.05) is 12.2 Å². The second-order valence-corrected chi connectivity index (χ2v) is 9.49. The lowest BCUT2D eigenvalue weighted by atomic mass is 9.63. The van der Waals surface area contributed by atoms with Crippen LogP contribution in [0.4, 0.5) is 5.69 Å². The Morgan fingerprint density at radius 1 is 0.853 bits per heavy atom. The molecular weight excluding hydrogens is 434 g/mol. The van der Waals surface area contributed by atoms with Crippen LogP contribution in [-0.4, -0.2) is 30.2 Å². The third-order valence-corrected chi connectivity index (χ3v) is 7.57. The summed E-state index contributed by atoms with van der Waals surface area (Å²) in [5, 5.41) is 0. The number of hydrogen-bond acceptors (Lipinski definition) is 6. The lowest BCUT2D eigenvalue weighted by molar-refractivity contribution is -0.132. The minimum atomic E-state index is -0.428. The summed E-state index contributed by atoms with van der Waals surface area (Å²) < 4.78 is 10.6. The van der Waals surface area contributed by atoms with E-state index in [0.29, 0.717) is 34.6 Å². The fraction of sp³-hybridized carbons (Fsp3) is 0.333. The molecule has 7 nitrogen and oxygen atoms in total. The Hall–Kier alpha value is -3.74. The van der Waals surface area contributed by atoms with Crippen molar-refractivity contribution >= 4 is 29.3 Å². The SMILES string of the molecule is CC(=O)Oc1ccc(C(=O)COc2ccc(N3C(=O)[C@@H]4[C@@H]5C=C[C@@H]([C@H]6C[C@@H]56)[C@@H]4C3=O)cc2)cc1. The quantitative estimate of drug-likeness (QED) is 0.217. The Balaban J connectivity index is 1.11. The van der Waals surface area contributed by atoms with Gasteiger partial charge in [-0.05, 0) is 78.6 Å². The van der Waals surface area contributed by atoms with Gasteiger partial charge in [-0.3, -0.25) is 24.1 Å². The smallest absolute Gasteiger partial charge is 0.308 e. The summed E-state index contributed by atoms with van der Waals surface area (Å²) in [6.45, 7) is 1.14. The third kappa shape index (κ3) is 3.26. The van der Waals surface area contributed by atoms with Crippen LogP contribution in [0.1, 0.15) is 23.7 Å². The number of carbonyl (C=O) groups excluding carboxylic acids is 4. The Labute approximate surface area is 196 Å². The third-order valence-electron chi connectivity index (χ3n) is 7.57. The van der Waals surface area contributed by atoms with Gasteiger partial charge >= 0.3 is 5.97 Å². The van der Waals surface area contributed by atoms with Gasteiger partial charge in [0.1, 0.15) is 11.5 Å². The Kier molecular flexibility index (Phi) is 4.69. The molecule has 34 heavy (non-hydrogen) atoms. The second kappa shape index (κ2) is 7.65. The number of ether oxygens (including phenoxy) is 2. The molecule has 3 fully saturated rings. The average Bonchev–Trinajstić information content (AvgIpc) is 3.61. The Morgan fingerprint density at radius 3 is 1.97 bits per heavy atom. The Bertz CT molecular complexity index is 1190. The molecule has 0 N–H and O–H groups in total. The van der Waals surface area contributed by atoms with Crippen LogP contribution in [0.3, 0.4) is 0 Å². The lowest BCUT2D eigenvalue weighted by Crippen LogP contribution is -2.40. The van der Waals surface area contributed by atoms with Gasteiger partial charge in [0.25, 0.3) is 0 Å². The number of imide groups is 1. The predicted molar refractivity (Wildman–Crippen MR) is 121 cm³/mol. The maximum atomic E-state index is 13.2. The van der Waals surface area contributed by atoms with Crippen LogP contribution in [0.5, 0.6) is 11.5 Å². The van der Waals surface area contributed by atoms with Crippen molar-refractivity contribution in [1.82, 2.24) is 0 Å². The molecule has 2 aromatic rings. The number of benzene rings is 2. The number of rotatable bonds is 6. The highest BCUT2D eigenvalue weighted by atomic mass is 16.5. The van der Waals surface area contributed by atoms with E-state index in [1.807, 2.05) is 0 Å². The zero-order valence-corrected chi connectivity index (χ0v) is 18.5. The number of nitrogens with zero attached hydrogens (tertiary/aromatic N) is 1.